The number of nitrogens with zero attached hydrogens (tertiary/aromatic N) is 3. The molecule has 3 rings (SSSR count). The summed E-state index contributed by atoms with van der Waals surface area (Å²) in [4.78, 5) is 24.8. The van der Waals surface area contributed by atoms with Crippen LogP contribution in [0.5, 0.6) is 11.5 Å². The molecule has 0 aliphatic carbocycles. The zero-order valence-corrected chi connectivity index (χ0v) is 16.2. The summed E-state index contributed by atoms with van der Waals surface area (Å²) in [7, 11) is 1.56. The summed E-state index contributed by atoms with van der Waals surface area (Å²) in [6, 6.07) is 5.43. The molecule has 0 saturated carbocycles. The van der Waals surface area contributed by atoms with Gasteiger partial charge in [-0.05, 0) is 38.5 Å². The molecular formula is C19H22N4O5. The number of aromatic nitrogens is 3. The summed E-state index contributed by atoms with van der Waals surface area (Å²) in [5.41, 5.74) is 1.13. The van der Waals surface area contributed by atoms with Crippen LogP contribution in [0.3, 0.4) is 0 Å². The van der Waals surface area contributed by atoms with Crippen LogP contribution >= 0.6 is 0 Å². The third kappa shape index (κ3) is 3.83. The standard InChI is InChI=1S/C19H22N4O5/c1-5-27-14-7-6-13(8-15(14)26-4)9-20-16(24)10-23-19(25)18-17(11(2)21-23)12(3)28-22-18/h6-8H,5,9-10H2,1-4H3,(H,20,24). The first-order chi connectivity index (χ1) is 13.4. The normalized spacial score (nSPS) is 10.9. The van der Waals surface area contributed by atoms with Crippen LogP contribution in [0.25, 0.3) is 10.9 Å². The van der Waals surface area contributed by atoms with Crippen molar-refractivity contribution in [2.24, 2.45) is 0 Å². The van der Waals surface area contributed by atoms with Gasteiger partial charge in [0.1, 0.15) is 12.3 Å². The number of carbonyl (C=O) groups is 1. The second-order valence-corrected chi connectivity index (χ2v) is 6.21. The van der Waals surface area contributed by atoms with Crippen molar-refractivity contribution in [3.8, 4) is 11.5 Å². The van der Waals surface area contributed by atoms with E-state index in [1.165, 1.54) is 0 Å². The number of amides is 1. The smallest absolute Gasteiger partial charge is 0.297 e. The van der Waals surface area contributed by atoms with Gasteiger partial charge in [-0.3, -0.25) is 9.59 Å². The van der Waals surface area contributed by atoms with Gasteiger partial charge in [-0.1, -0.05) is 11.2 Å². The number of hydrogen-bond acceptors (Lipinski definition) is 7. The van der Waals surface area contributed by atoms with E-state index in [0.717, 1.165) is 10.2 Å². The molecule has 1 N–H and O–H groups in total. The molecule has 9 nitrogen and oxygen atoms in total. The minimum atomic E-state index is -0.463. The Kier molecular flexibility index (Phi) is 5.62. The van der Waals surface area contributed by atoms with E-state index in [-0.39, 0.29) is 24.5 Å². The highest BCUT2D eigenvalue weighted by molar-refractivity contribution is 5.82. The van der Waals surface area contributed by atoms with Crippen LogP contribution in [-0.4, -0.2) is 34.6 Å². The average molecular weight is 386 g/mol. The Balaban J connectivity index is 1.71. The first-order valence-corrected chi connectivity index (χ1v) is 8.84. The summed E-state index contributed by atoms with van der Waals surface area (Å²) in [6.45, 7) is 5.94. The predicted octanol–water partition coefficient (Wildman–Crippen LogP) is 1.73. The molecule has 0 aliphatic heterocycles. The van der Waals surface area contributed by atoms with E-state index in [1.54, 1.807) is 33.1 Å². The molecule has 0 unspecified atom stereocenters. The molecule has 0 fully saturated rings. The maximum absolute atomic E-state index is 12.5. The maximum atomic E-state index is 12.5. The van der Waals surface area contributed by atoms with Crippen molar-refractivity contribution in [3.63, 3.8) is 0 Å². The molecular weight excluding hydrogens is 364 g/mol. The Morgan fingerprint density at radius 2 is 2.07 bits per heavy atom. The number of methoxy groups -OCH3 is 1. The molecule has 9 heteroatoms. The fourth-order valence-corrected chi connectivity index (χ4v) is 2.94. The van der Waals surface area contributed by atoms with Crippen LogP contribution in [-0.2, 0) is 17.9 Å². The van der Waals surface area contributed by atoms with Gasteiger partial charge < -0.3 is 19.3 Å². The highest BCUT2D eigenvalue weighted by Crippen LogP contribution is 2.27. The van der Waals surface area contributed by atoms with Gasteiger partial charge in [0.05, 0.1) is 24.8 Å². The lowest BCUT2D eigenvalue weighted by Crippen LogP contribution is -2.34. The molecule has 0 saturated heterocycles. The highest BCUT2D eigenvalue weighted by atomic mass is 16.5. The highest BCUT2D eigenvalue weighted by Gasteiger charge is 2.16. The SMILES string of the molecule is CCOc1ccc(CNC(=O)Cn2nc(C)c3c(C)onc3c2=O)cc1OC. The number of aryl methyl sites for hydroxylation is 2. The minimum absolute atomic E-state index is 0.175. The molecule has 2 heterocycles. The van der Waals surface area contributed by atoms with Crippen molar-refractivity contribution in [2.45, 2.75) is 33.9 Å². The Morgan fingerprint density at radius 3 is 2.79 bits per heavy atom. The molecule has 1 amide bonds. The molecule has 0 bridgehead atoms. The lowest BCUT2D eigenvalue weighted by molar-refractivity contribution is -0.122. The van der Waals surface area contributed by atoms with Crippen LogP contribution in [0.2, 0.25) is 0 Å². The second-order valence-electron chi connectivity index (χ2n) is 6.21. The fraction of sp³-hybridized carbons (Fsp3) is 0.368. The van der Waals surface area contributed by atoms with Crippen molar-refractivity contribution in [2.75, 3.05) is 13.7 Å². The van der Waals surface area contributed by atoms with E-state index in [9.17, 15) is 9.59 Å². The van der Waals surface area contributed by atoms with Crippen LogP contribution in [0.15, 0.2) is 27.5 Å². The van der Waals surface area contributed by atoms with Crippen LogP contribution in [0.4, 0.5) is 0 Å². The molecule has 148 valence electrons. The molecule has 0 spiro atoms. The molecule has 0 radical (unpaired) electrons. The van der Waals surface area contributed by atoms with E-state index in [2.05, 4.69) is 15.6 Å². The zero-order chi connectivity index (χ0) is 20.3. The van der Waals surface area contributed by atoms with Gasteiger partial charge in [0.25, 0.3) is 5.56 Å². The van der Waals surface area contributed by atoms with E-state index in [1.807, 2.05) is 13.0 Å². The number of hydrogen-bond donors (Lipinski definition) is 1. The van der Waals surface area contributed by atoms with Gasteiger partial charge >= 0.3 is 0 Å². The number of rotatable bonds is 7. The molecule has 0 atom stereocenters. The third-order valence-corrected chi connectivity index (χ3v) is 4.24. The van der Waals surface area contributed by atoms with Crippen LogP contribution in [0.1, 0.15) is 23.9 Å². The topological polar surface area (TPSA) is 108 Å². The summed E-state index contributed by atoms with van der Waals surface area (Å²) >= 11 is 0. The summed E-state index contributed by atoms with van der Waals surface area (Å²) in [5.74, 6) is 1.41. The van der Waals surface area contributed by atoms with Crippen molar-refractivity contribution in [1.82, 2.24) is 20.3 Å². The first kappa shape index (κ1) is 19.4. The third-order valence-electron chi connectivity index (χ3n) is 4.24. The molecule has 28 heavy (non-hydrogen) atoms. The molecule has 2 aromatic heterocycles. The quantitative estimate of drug-likeness (QED) is 0.658. The van der Waals surface area contributed by atoms with Gasteiger partial charge in [0.15, 0.2) is 17.0 Å². The van der Waals surface area contributed by atoms with Gasteiger partial charge in [-0.25, -0.2) is 4.68 Å². The van der Waals surface area contributed by atoms with Crippen molar-refractivity contribution < 1.29 is 18.8 Å². The Bertz CT molecular complexity index is 1070. The lowest BCUT2D eigenvalue weighted by atomic mass is 10.2. The first-order valence-electron chi connectivity index (χ1n) is 8.84. The largest absolute Gasteiger partial charge is 0.493 e. The molecule has 1 aromatic carbocycles. The van der Waals surface area contributed by atoms with E-state index < -0.39 is 5.56 Å². The van der Waals surface area contributed by atoms with Crippen LogP contribution in [0, 0.1) is 13.8 Å². The van der Waals surface area contributed by atoms with Gasteiger partial charge in [-0.15, -0.1) is 0 Å². The Hall–Kier alpha value is -3.36. The van der Waals surface area contributed by atoms with Gasteiger partial charge in [0.2, 0.25) is 5.91 Å². The molecule has 0 aliphatic rings. The predicted molar refractivity (Wildman–Crippen MR) is 102 cm³/mol. The summed E-state index contributed by atoms with van der Waals surface area (Å²) in [6.07, 6.45) is 0. The monoisotopic (exact) mass is 386 g/mol. The van der Waals surface area contributed by atoms with Gasteiger partial charge in [-0.2, -0.15) is 5.10 Å². The number of nitrogens with one attached hydrogen (secondary N) is 1. The van der Waals surface area contributed by atoms with Crippen molar-refractivity contribution >= 4 is 16.8 Å². The summed E-state index contributed by atoms with van der Waals surface area (Å²) in [5, 5.41) is 11.3. The van der Waals surface area contributed by atoms with E-state index in [4.69, 9.17) is 14.0 Å². The number of benzene rings is 1. The molecule has 3 aromatic rings. The van der Waals surface area contributed by atoms with E-state index >= 15 is 0 Å². The zero-order valence-electron chi connectivity index (χ0n) is 16.2. The Labute approximate surface area is 161 Å². The second kappa shape index (κ2) is 8.12. The van der Waals surface area contributed by atoms with Crippen molar-refractivity contribution in [3.05, 3.63) is 45.6 Å². The average Bonchev–Trinajstić information content (AvgIpc) is 3.07. The Morgan fingerprint density at radius 1 is 1.29 bits per heavy atom. The van der Waals surface area contributed by atoms with Crippen LogP contribution < -0.4 is 20.3 Å². The van der Waals surface area contributed by atoms with Gasteiger partial charge in [0, 0.05) is 6.54 Å². The van der Waals surface area contributed by atoms with E-state index in [0.29, 0.717) is 34.9 Å². The number of ether oxygens (including phenoxy) is 2. The number of fused-ring (bicyclic) bond motifs is 1. The minimum Gasteiger partial charge on any atom is -0.493 e. The maximum Gasteiger partial charge on any atom is 0.297 e. The fourth-order valence-electron chi connectivity index (χ4n) is 2.94. The lowest BCUT2D eigenvalue weighted by Gasteiger charge is -2.12. The number of carbonyl (C=O) groups excluding carboxylic acids is 1. The van der Waals surface area contributed by atoms with Crippen molar-refractivity contribution in [1.29, 1.82) is 0 Å². The summed E-state index contributed by atoms with van der Waals surface area (Å²) < 4.78 is 16.9.